The molecule has 1 heterocycles. The molecule has 0 spiro atoms. The van der Waals surface area contributed by atoms with E-state index in [4.69, 9.17) is 5.73 Å². The number of unbranched alkanes of at least 4 members (excludes halogenated alkanes) is 3. The van der Waals surface area contributed by atoms with Crippen LogP contribution in [0.2, 0.25) is 0 Å². The molecule has 1 aromatic heterocycles. The lowest BCUT2D eigenvalue weighted by Crippen LogP contribution is -2.00. The maximum atomic E-state index is 5.37. The largest absolute Gasteiger partial charge is 0.330 e. The molecule has 2 N–H and O–H groups in total. The highest BCUT2D eigenvalue weighted by atomic mass is 15.5. The Morgan fingerprint density at radius 1 is 1.17 bits per heavy atom. The summed E-state index contributed by atoms with van der Waals surface area (Å²) in [6, 6.07) is 0. The van der Waals surface area contributed by atoms with Crippen LogP contribution in [-0.4, -0.2) is 26.8 Å². The Kier molecular flexibility index (Phi) is 4.30. The molecule has 5 nitrogen and oxygen atoms in total. The zero-order chi connectivity index (χ0) is 8.65. The van der Waals surface area contributed by atoms with Crippen LogP contribution in [0.5, 0.6) is 0 Å². The van der Waals surface area contributed by atoms with Crippen LogP contribution in [0.1, 0.15) is 25.7 Å². The summed E-state index contributed by atoms with van der Waals surface area (Å²) < 4.78 is 1.75. The molecule has 1 aromatic rings. The molecule has 1 rings (SSSR count). The van der Waals surface area contributed by atoms with Gasteiger partial charge >= 0.3 is 0 Å². The number of hydrogen-bond acceptors (Lipinski definition) is 4. The van der Waals surface area contributed by atoms with Crippen molar-refractivity contribution in [2.45, 2.75) is 32.2 Å². The molecule has 0 saturated heterocycles. The van der Waals surface area contributed by atoms with E-state index in [0.717, 1.165) is 25.9 Å². The van der Waals surface area contributed by atoms with E-state index in [0.29, 0.717) is 0 Å². The van der Waals surface area contributed by atoms with Gasteiger partial charge in [0.15, 0.2) is 0 Å². The fraction of sp³-hybridized carbons (Fsp3) is 0.857. The molecular formula is C7H15N5. The first-order chi connectivity index (χ1) is 5.93. The molecule has 0 aliphatic heterocycles. The number of nitrogens with zero attached hydrogens (tertiary/aromatic N) is 4. The van der Waals surface area contributed by atoms with Gasteiger partial charge in [-0.3, -0.25) is 0 Å². The smallest absolute Gasteiger partial charge is 0.138 e. The molecule has 0 saturated carbocycles. The summed E-state index contributed by atoms with van der Waals surface area (Å²) in [6.45, 7) is 1.71. The summed E-state index contributed by atoms with van der Waals surface area (Å²) in [4.78, 5) is 0. The summed E-state index contributed by atoms with van der Waals surface area (Å²) in [5, 5.41) is 10.9. The van der Waals surface area contributed by atoms with E-state index in [9.17, 15) is 0 Å². The topological polar surface area (TPSA) is 69.6 Å². The number of tetrazole rings is 1. The van der Waals surface area contributed by atoms with Crippen LogP contribution >= 0.6 is 0 Å². The second-order valence-electron chi connectivity index (χ2n) is 2.78. The standard InChI is InChI=1S/C7H15N5/c8-5-3-1-2-4-6-12-7-9-10-11-12/h7H,1-6,8H2. The highest BCUT2D eigenvalue weighted by Crippen LogP contribution is 1.99. The second-order valence-corrected chi connectivity index (χ2v) is 2.78. The van der Waals surface area contributed by atoms with Crippen molar-refractivity contribution >= 4 is 0 Å². The first-order valence-corrected chi connectivity index (χ1v) is 4.34. The Bertz CT molecular complexity index is 184. The van der Waals surface area contributed by atoms with Crippen LogP contribution in [0, 0.1) is 0 Å². The normalized spacial score (nSPS) is 10.4. The predicted molar refractivity (Wildman–Crippen MR) is 45.3 cm³/mol. The first kappa shape index (κ1) is 9.12. The lowest BCUT2D eigenvalue weighted by Gasteiger charge is -1.98. The Morgan fingerprint density at radius 2 is 2.00 bits per heavy atom. The van der Waals surface area contributed by atoms with Crippen molar-refractivity contribution < 1.29 is 0 Å². The Morgan fingerprint density at radius 3 is 2.67 bits per heavy atom. The molecule has 0 aliphatic rings. The van der Waals surface area contributed by atoms with Gasteiger partial charge in [0.1, 0.15) is 6.33 Å². The average Bonchev–Trinajstić information content (AvgIpc) is 2.57. The van der Waals surface area contributed by atoms with E-state index in [1.54, 1.807) is 11.0 Å². The predicted octanol–water partition coefficient (Wildman–Crippen LogP) is 0.192. The molecule has 0 aliphatic carbocycles. The zero-order valence-electron chi connectivity index (χ0n) is 7.19. The van der Waals surface area contributed by atoms with Gasteiger partial charge in [0.2, 0.25) is 0 Å². The highest BCUT2D eigenvalue weighted by molar-refractivity contribution is 4.48. The van der Waals surface area contributed by atoms with Gasteiger partial charge in [0.25, 0.3) is 0 Å². The Labute approximate surface area is 71.9 Å². The van der Waals surface area contributed by atoms with Crippen molar-refractivity contribution in [3.63, 3.8) is 0 Å². The monoisotopic (exact) mass is 169 g/mol. The van der Waals surface area contributed by atoms with Crippen LogP contribution in [0.25, 0.3) is 0 Å². The first-order valence-electron chi connectivity index (χ1n) is 4.34. The third-order valence-electron chi connectivity index (χ3n) is 1.73. The van der Waals surface area contributed by atoms with Gasteiger partial charge in [-0.25, -0.2) is 4.68 Å². The minimum atomic E-state index is 0.797. The van der Waals surface area contributed by atoms with E-state index >= 15 is 0 Å². The van der Waals surface area contributed by atoms with Gasteiger partial charge in [-0.1, -0.05) is 12.8 Å². The van der Waals surface area contributed by atoms with E-state index in [2.05, 4.69) is 15.5 Å². The fourth-order valence-electron chi connectivity index (χ4n) is 1.05. The highest BCUT2D eigenvalue weighted by Gasteiger charge is 1.92. The van der Waals surface area contributed by atoms with Crippen molar-refractivity contribution in [2.24, 2.45) is 5.73 Å². The van der Waals surface area contributed by atoms with E-state index in [1.807, 2.05) is 0 Å². The summed E-state index contributed by atoms with van der Waals surface area (Å²) in [5.74, 6) is 0. The van der Waals surface area contributed by atoms with Crippen molar-refractivity contribution in [1.29, 1.82) is 0 Å². The van der Waals surface area contributed by atoms with E-state index < -0.39 is 0 Å². The van der Waals surface area contributed by atoms with Gasteiger partial charge in [-0.05, 0) is 29.8 Å². The summed E-state index contributed by atoms with van der Waals surface area (Å²) in [7, 11) is 0. The molecule has 0 fully saturated rings. The summed E-state index contributed by atoms with van der Waals surface area (Å²) >= 11 is 0. The molecule has 0 unspecified atom stereocenters. The van der Waals surface area contributed by atoms with Crippen molar-refractivity contribution in [2.75, 3.05) is 6.54 Å². The SMILES string of the molecule is NCCCCCCn1cnnn1. The molecule has 0 aromatic carbocycles. The quantitative estimate of drug-likeness (QED) is 0.617. The summed E-state index contributed by atoms with van der Waals surface area (Å²) in [6.07, 6.45) is 6.30. The van der Waals surface area contributed by atoms with Gasteiger partial charge in [-0.15, -0.1) is 5.10 Å². The van der Waals surface area contributed by atoms with E-state index in [-0.39, 0.29) is 0 Å². The number of aryl methyl sites for hydroxylation is 1. The second kappa shape index (κ2) is 5.65. The van der Waals surface area contributed by atoms with Crippen LogP contribution in [0.3, 0.4) is 0 Å². The van der Waals surface area contributed by atoms with Crippen molar-refractivity contribution in [1.82, 2.24) is 20.2 Å². The third kappa shape index (κ3) is 3.43. The number of rotatable bonds is 6. The molecule has 68 valence electrons. The van der Waals surface area contributed by atoms with Crippen LogP contribution in [0.15, 0.2) is 6.33 Å². The number of hydrogen-bond donors (Lipinski definition) is 1. The fourth-order valence-corrected chi connectivity index (χ4v) is 1.05. The zero-order valence-corrected chi connectivity index (χ0v) is 7.19. The summed E-state index contributed by atoms with van der Waals surface area (Å²) in [5.41, 5.74) is 5.37. The number of aromatic nitrogens is 4. The maximum absolute atomic E-state index is 5.37. The van der Waals surface area contributed by atoms with Gasteiger partial charge < -0.3 is 5.73 Å². The molecule has 12 heavy (non-hydrogen) atoms. The van der Waals surface area contributed by atoms with Gasteiger partial charge in [0, 0.05) is 6.54 Å². The van der Waals surface area contributed by atoms with Gasteiger partial charge in [0.05, 0.1) is 0 Å². The van der Waals surface area contributed by atoms with Crippen LogP contribution < -0.4 is 5.73 Å². The van der Waals surface area contributed by atoms with Crippen molar-refractivity contribution in [3.05, 3.63) is 6.33 Å². The molecule has 0 bridgehead atoms. The Balaban J connectivity index is 1.96. The lowest BCUT2D eigenvalue weighted by molar-refractivity contribution is 0.524. The molecular weight excluding hydrogens is 154 g/mol. The maximum Gasteiger partial charge on any atom is 0.138 e. The van der Waals surface area contributed by atoms with Crippen molar-refractivity contribution in [3.8, 4) is 0 Å². The Hall–Kier alpha value is -0.970. The third-order valence-corrected chi connectivity index (χ3v) is 1.73. The minimum Gasteiger partial charge on any atom is -0.330 e. The molecule has 0 atom stereocenters. The lowest BCUT2D eigenvalue weighted by atomic mass is 10.2. The minimum absolute atomic E-state index is 0.797. The molecule has 0 radical (unpaired) electrons. The molecule has 0 amide bonds. The van der Waals surface area contributed by atoms with Gasteiger partial charge in [-0.2, -0.15) is 0 Å². The van der Waals surface area contributed by atoms with E-state index in [1.165, 1.54) is 12.8 Å². The molecule has 5 heteroatoms. The van der Waals surface area contributed by atoms with Crippen LogP contribution in [0.4, 0.5) is 0 Å². The van der Waals surface area contributed by atoms with Crippen LogP contribution in [-0.2, 0) is 6.54 Å². The number of nitrogens with two attached hydrogens (primary N) is 1. The average molecular weight is 169 g/mol.